The van der Waals surface area contributed by atoms with Crippen molar-refractivity contribution in [3.05, 3.63) is 96.6 Å². The molecule has 1 heterocycles. The monoisotopic (exact) mass is 537 g/mol. The molecule has 0 radical (unpaired) electrons. The Labute approximate surface area is 228 Å². The summed E-state index contributed by atoms with van der Waals surface area (Å²) >= 11 is 6.49. The average Bonchev–Trinajstić information content (AvgIpc) is 2.90. The minimum absolute atomic E-state index is 0.166. The SMILES string of the molecule is CC(C)(C)[Si](OC[C@@H]1[C@@H](O)[C@H](O)[C@@H](Cl)CN1CCCc1ccccc1)(c1ccccc1)c1ccccc1. The molecule has 4 rings (SSSR count). The van der Waals surface area contributed by atoms with Crippen molar-refractivity contribution in [3.63, 3.8) is 0 Å². The van der Waals surface area contributed by atoms with E-state index in [0.29, 0.717) is 13.2 Å². The van der Waals surface area contributed by atoms with Crippen molar-refractivity contribution in [2.45, 2.75) is 62.3 Å². The Balaban J connectivity index is 1.62. The predicted octanol–water partition coefficient (Wildman–Crippen LogP) is 4.21. The first-order valence-electron chi connectivity index (χ1n) is 13.3. The van der Waals surface area contributed by atoms with Crippen LogP contribution >= 0.6 is 11.6 Å². The first kappa shape index (κ1) is 28.0. The second kappa shape index (κ2) is 12.2. The largest absolute Gasteiger partial charge is 0.406 e. The van der Waals surface area contributed by atoms with Gasteiger partial charge in [0.2, 0.25) is 0 Å². The Morgan fingerprint density at radius 3 is 1.86 bits per heavy atom. The summed E-state index contributed by atoms with van der Waals surface area (Å²) in [6, 6.07) is 31.1. The fraction of sp³-hybridized carbons (Fsp3) is 0.419. The van der Waals surface area contributed by atoms with Gasteiger partial charge in [0.15, 0.2) is 0 Å². The van der Waals surface area contributed by atoms with Gasteiger partial charge in [-0.15, -0.1) is 11.6 Å². The molecule has 0 aromatic heterocycles. The normalized spacial score (nSPS) is 23.2. The molecule has 0 spiro atoms. The van der Waals surface area contributed by atoms with Crippen LogP contribution in [0.25, 0.3) is 0 Å². The fourth-order valence-corrected chi connectivity index (χ4v) is 10.6. The van der Waals surface area contributed by atoms with Crippen molar-refractivity contribution in [2.24, 2.45) is 0 Å². The zero-order valence-electron chi connectivity index (χ0n) is 22.1. The van der Waals surface area contributed by atoms with E-state index in [9.17, 15) is 10.2 Å². The summed E-state index contributed by atoms with van der Waals surface area (Å²) in [7, 11) is -2.77. The van der Waals surface area contributed by atoms with Gasteiger partial charge in [-0.25, -0.2) is 0 Å². The van der Waals surface area contributed by atoms with E-state index in [4.69, 9.17) is 16.0 Å². The lowest BCUT2D eigenvalue weighted by atomic mass is 9.95. The van der Waals surface area contributed by atoms with Crippen molar-refractivity contribution < 1.29 is 14.6 Å². The van der Waals surface area contributed by atoms with Crippen LogP contribution in [-0.2, 0) is 10.8 Å². The van der Waals surface area contributed by atoms with Gasteiger partial charge in [-0.1, -0.05) is 112 Å². The number of piperidine rings is 1. The molecule has 4 atom stereocenters. The molecule has 1 aliphatic heterocycles. The van der Waals surface area contributed by atoms with Gasteiger partial charge in [-0.05, 0) is 40.4 Å². The van der Waals surface area contributed by atoms with Crippen molar-refractivity contribution >= 4 is 30.3 Å². The lowest BCUT2D eigenvalue weighted by molar-refractivity contribution is -0.0851. The quantitative estimate of drug-likeness (QED) is 0.317. The minimum Gasteiger partial charge on any atom is -0.406 e. The number of likely N-dealkylation sites (tertiary alicyclic amines) is 1. The number of alkyl halides is 1. The number of halogens is 1. The van der Waals surface area contributed by atoms with Crippen molar-refractivity contribution in [1.82, 2.24) is 4.90 Å². The molecule has 4 nitrogen and oxygen atoms in total. The van der Waals surface area contributed by atoms with E-state index in [1.165, 1.54) is 15.9 Å². The number of aryl methyl sites for hydroxylation is 1. The molecule has 0 amide bonds. The van der Waals surface area contributed by atoms with Gasteiger partial charge in [-0.2, -0.15) is 0 Å². The number of aliphatic hydroxyl groups excluding tert-OH is 2. The maximum Gasteiger partial charge on any atom is 0.261 e. The molecular formula is C31H40ClNO3Si. The van der Waals surface area contributed by atoms with Gasteiger partial charge in [-0.3, -0.25) is 4.90 Å². The van der Waals surface area contributed by atoms with E-state index in [0.717, 1.165) is 19.4 Å². The van der Waals surface area contributed by atoms with Crippen LogP contribution in [-0.4, -0.2) is 66.8 Å². The maximum atomic E-state index is 11.2. The third kappa shape index (κ3) is 6.19. The van der Waals surface area contributed by atoms with Crippen LogP contribution in [0.3, 0.4) is 0 Å². The van der Waals surface area contributed by atoms with Crippen LogP contribution in [0.4, 0.5) is 0 Å². The highest BCUT2D eigenvalue weighted by molar-refractivity contribution is 6.99. The number of hydrogen-bond acceptors (Lipinski definition) is 4. The number of aliphatic hydroxyl groups is 2. The molecule has 1 fully saturated rings. The van der Waals surface area contributed by atoms with Gasteiger partial charge in [0.1, 0.15) is 0 Å². The van der Waals surface area contributed by atoms with Crippen molar-refractivity contribution in [3.8, 4) is 0 Å². The molecule has 0 aliphatic carbocycles. The zero-order chi connectivity index (χ0) is 26.5. The molecule has 2 N–H and O–H groups in total. The smallest absolute Gasteiger partial charge is 0.261 e. The Bertz CT molecular complexity index is 1050. The summed E-state index contributed by atoms with van der Waals surface area (Å²) in [6.45, 7) is 8.35. The van der Waals surface area contributed by atoms with Crippen LogP contribution in [0.15, 0.2) is 91.0 Å². The van der Waals surface area contributed by atoms with E-state index in [1.807, 2.05) is 18.2 Å². The van der Waals surface area contributed by atoms with Crippen LogP contribution in [0, 0.1) is 0 Å². The molecule has 1 saturated heterocycles. The van der Waals surface area contributed by atoms with E-state index < -0.39 is 25.9 Å². The summed E-state index contributed by atoms with van der Waals surface area (Å²) in [5.74, 6) is 0. The highest BCUT2D eigenvalue weighted by atomic mass is 35.5. The third-order valence-corrected chi connectivity index (χ3v) is 13.0. The van der Waals surface area contributed by atoms with Crippen molar-refractivity contribution in [2.75, 3.05) is 19.7 Å². The molecule has 6 heteroatoms. The third-order valence-electron chi connectivity index (χ3n) is 7.63. The van der Waals surface area contributed by atoms with Crippen LogP contribution in [0.5, 0.6) is 0 Å². The first-order chi connectivity index (χ1) is 17.7. The van der Waals surface area contributed by atoms with Crippen LogP contribution in [0.1, 0.15) is 32.8 Å². The molecule has 37 heavy (non-hydrogen) atoms. The second-order valence-corrected chi connectivity index (χ2v) is 16.0. The molecule has 3 aromatic carbocycles. The van der Waals surface area contributed by atoms with Gasteiger partial charge >= 0.3 is 0 Å². The standard InChI is InChI=1S/C31H40ClNO3Si/c1-31(2,3)37(25-17-9-5-10-18-25,26-19-11-6-12-20-26)36-23-28-30(35)29(34)27(32)22-33(28)21-13-16-24-14-7-4-8-15-24/h4-12,14-15,17-20,27-30,34-35H,13,16,21-23H2,1-3H3/t27-,28+,29+,30+/m0/s1. The van der Waals surface area contributed by atoms with Gasteiger partial charge in [0.05, 0.1) is 30.2 Å². The lowest BCUT2D eigenvalue weighted by Gasteiger charge is -2.47. The van der Waals surface area contributed by atoms with Gasteiger partial charge in [0, 0.05) is 6.54 Å². The number of hydrogen-bond donors (Lipinski definition) is 2. The Kier molecular flexibility index (Phi) is 9.27. The average molecular weight is 538 g/mol. The van der Waals surface area contributed by atoms with E-state index >= 15 is 0 Å². The summed E-state index contributed by atoms with van der Waals surface area (Å²) in [5, 5.41) is 23.6. The van der Waals surface area contributed by atoms with E-state index in [2.05, 4.69) is 98.5 Å². The molecule has 1 aliphatic rings. The highest BCUT2D eigenvalue weighted by Crippen LogP contribution is 2.37. The fourth-order valence-electron chi connectivity index (χ4n) is 5.69. The summed E-state index contributed by atoms with van der Waals surface area (Å²) < 4.78 is 7.14. The van der Waals surface area contributed by atoms with E-state index in [-0.39, 0.29) is 11.1 Å². The van der Waals surface area contributed by atoms with Crippen LogP contribution in [0.2, 0.25) is 5.04 Å². The Hall–Kier alpha value is -1.99. The molecular weight excluding hydrogens is 498 g/mol. The van der Waals surface area contributed by atoms with E-state index in [1.54, 1.807) is 0 Å². The number of benzene rings is 3. The minimum atomic E-state index is -2.77. The first-order valence-corrected chi connectivity index (χ1v) is 15.6. The van der Waals surface area contributed by atoms with Gasteiger partial charge in [0.25, 0.3) is 8.32 Å². The summed E-state index contributed by atoms with van der Waals surface area (Å²) in [6.07, 6.45) is -0.0804. The number of rotatable bonds is 9. The summed E-state index contributed by atoms with van der Waals surface area (Å²) in [4.78, 5) is 2.22. The van der Waals surface area contributed by atoms with Gasteiger partial charge < -0.3 is 14.6 Å². The Morgan fingerprint density at radius 1 is 0.838 bits per heavy atom. The highest BCUT2D eigenvalue weighted by Gasteiger charge is 2.51. The maximum absolute atomic E-state index is 11.2. The van der Waals surface area contributed by atoms with Crippen LogP contribution < -0.4 is 10.4 Å². The van der Waals surface area contributed by atoms with Crippen molar-refractivity contribution in [1.29, 1.82) is 0 Å². The second-order valence-electron chi connectivity index (χ2n) is 11.1. The summed E-state index contributed by atoms with van der Waals surface area (Å²) in [5.41, 5.74) is 1.29. The molecule has 0 saturated carbocycles. The zero-order valence-corrected chi connectivity index (χ0v) is 23.9. The molecule has 0 bridgehead atoms. The number of nitrogens with zero attached hydrogens (tertiary/aromatic N) is 1. The molecule has 3 aromatic rings. The lowest BCUT2D eigenvalue weighted by Crippen LogP contribution is -2.69. The topological polar surface area (TPSA) is 52.9 Å². The Morgan fingerprint density at radius 2 is 1.35 bits per heavy atom. The molecule has 0 unspecified atom stereocenters. The predicted molar refractivity (Wildman–Crippen MR) is 155 cm³/mol. The molecule has 198 valence electrons.